The fourth-order valence-electron chi connectivity index (χ4n) is 8.97. The van der Waals surface area contributed by atoms with Crippen LogP contribution in [0.25, 0.3) is 17.2 Å². The van der Waals surface area contributed by atoms with Crippen LogP contribution in [0.4, 0.5) is 11.4 Å². The average Bonchev–Trinajstić information content (AvgIpc) is 3.74. The predicted molar refractivity (Wildman–Crippen MR) is 239 cm³/mol. The van der Waals surface area contributed by atoms with E-state index in [0.717, 1.165) is 18.4 Å². The number of anilines is 2. The van der Waals surface area contributed by atoms with Gasteiger partial charge in [-0.1, -0.05) is 156 Å². The third kappa shape index (κ3) is 6.15. The largest absolute Gasteiger partial charge is 0.325 e. The highest BCUT2D eigenvalue weighted by molar-refractivity contribution is 7.92. The fraction of sp³-hybridized carbons (Fsp3) is 0.163. The predicted octanol–water partition coefficient (Wildman–Crippen LogP) is 12.5. The Balaban J connectivity index is 1.64. The van der Waals surface area contributed by atoms with Crippen LogP contribution in [0, 0.1) is 41.5 Å². The fourth-order valence-corrected chi connectivity index (χ4v) is 14.1. The van der Waals surface area contributed by atoms with Gasteiger partial charge in [-0.2, -0.15) is 0 Å². The number of hydrogen-bond donors (Lipinski definition) is 0. The first kappa shape index (κ1) is 36.3. The number of benzene rings is 6. The van der Waals surface area contributed by atoms with E-state index in [4.69, 9.17) is 23.2 Å². The molecule has 54 heavy (non-hydrogen) atoms. The van der Waals surface area contributed by atoms with Crippen molar-refractivity contribution >= 4 is 74.8 Å². The van der Waals surface area contributed by atoms with Gasteiger partial charge in [-0.25, -0.2) is 0 Å². The third-order valence-electron chi connectivity index (χ3n) is 10.9. The van der Waals surface area contributed by atoms with Gasteiger partial charge in [0.05, 0.1) is 10.0 Å². The van der Waals surface area contributed by atoms with Crippen LogP contribution < -0.4 is 20.4 Å². The SMILES string of the molecule is Cc1cc(C)c(N2CCN(c3c(C)cc(C)cc3C)C2=P(C=C2C(c3ccccc3)=Cc3ccccc32)(c2ccccc2)c2cccc(Cl)c2Cl)c(C)c1. The third-order valence-corrected chi connectivity index (χ3v) is 15.8. The standard InChI is InChI=1S/C49H45Cl2N2P/c1-32-26-34(3)47(35(4)27-32)52-24-25-53(48-36(5)28-33(2)29-37(48)6)49(52)54(40-19-11-8-12-20-40,45-23-15-22-44(50)46(45)51)31-43-41-21-14-13-18-39(41)30-42(43)38-16-9-7-10-17-38/h7-23,26-31H,24-25H2,1-6H3. The van der Waals surface area contributed by atoms with Crippen molar-refractivity contribution in [2.75, 3.05) is 22.9 Å². The van der Waals surface area contributed by atoms with Gasteiger partial charge in [0.1, 0.15) is 5.54 Å². The second kappa shape index (κ2) is 14.5. The number of halogens is 2. The number of fused-ring (bicyclic) bond motifs is 1. The summed E-state index contributed by atoms with van der Waals surface area (Å²) in [5.41, 5.74) is 17.4. The van der Waals surface area contributed by atoms with Gasteiger partial charge in [-0.3, -0.25) is 0 Å². The lowest BCUT2D eigenvalue weighted by atomic mass is 9.99. The summed E-state index contributed by atoms with van der Waals surface area (Å²) in [6, 6.07) is 46.2. The maximum Gasteiger partial charge on any atom is 0.120 e. The summed E-state index contributed by atoms with van der Waals surface area (Å²) in [6.07, 6.45) is 2.35. The lowest BCUT2D eigenvalue weighted by Crippen LogP contribution is -2.40. The molecule has 0 spiro atoms. The number of allylic oxidation sites excluding steroid dienone is 2. The monoisotopic (exact) mass is 762 g/mol. The number of rotatable bonds is 6. The van der Waals surface area contributed by atoms with E-state index in [1.165, 1.54) is 83.4 Å². The second-order valence-corrected chi connectivity index (χ2v) is 18.7. The van der Waals surface area contributed by atoms with Crippen LogP contribution in [0.15, 0.2) is 133 Å². The first-order valence-electron chi connectivity index (χ1n) is 18.7. The van der Waals surface area contributed by atoms with Crippen molar-refractivity contribution in [3.8, 4) is 0 Å². The van der Waals surface area contributed by atoms with Crippen LogP contribution in [0.1, 0.15) is 50.1 Å². The van der Waals surface area contributed by atoms with Crippen LogP contribution in [-0.4, -0.2) is 18.6 Å². The van der Waals surface area contributed by atoms with E-state index in [1.54, 1.807) is 0 Å². The van der Waals surface area contributed by atoms with E-state index in [2.05, 4.69) is 185 Å². The molecular weight excluding hydrogens is 718 g/mol. The van der Waals surface area contributed by atoms with E-state index in [0.29, 0.717) is 10.0 Å². The minimum Gasteiger partial charge on any atom is -0.325 e. The zero-order valence-corrected chi connectivity index (χ0v) is 34.2. The van der Waals surface area contributed by atoms with E-state index < -0.39 is 6.89 Å². The number of nitrogens with zero attached hydrogens (tertiary/aromatic N) is 2. The van der Waals surface area contributed by atoms with Crippen molar-refractivity contribution in [3.05, 3.63) is 193 Å². The van der Waals surface area contributed by atoms with Gasteiger partial charge in [0.25, 0.3) is 0 Å². The van der Waals surface area contributed by atoms with Crippen molar-refractivity contribution in [3.63, 3.8) is 0 Å². The molecular formula is C49H45Cl2N2P. The van der Waals surface area contributed by atoms with Gasteiger partial charge in [0.15, 0.2) is 0 Å². The smallest absolute Gasteiger partial charge is 0.120 e. The van der Waals surface area contributed by atoms with Crippen molar-refractivity contribution < 1.29 is 0 Å². The summed E-state index contributed by atoms with van der Waals surface area (Å²) in [5, 5.41) is 3.42. The van der Waals surface area contributed by atoms with Crippen LogP contribution in [0.2, 0.25) is 10.0 Å². The van der Waals surface area contributed by atoms with Crippen molar-refractivity contribution in [2.24, 2.45) is 0 Å². The molecule has 6 aromatic rings. The molecule has 0 N–H and O–H groups in total. The molecule has 0 bridgehead atoms. The molecule has 0 aromatic heterocycles. The number of aryl methyl sites for hydroxylation is 6. The van der Waals surface area contributed by atoms with E-state index >= 15 is 0 Å². The van der Waals surface area contributed by atoms with Gasteiger partial charge < -0.3 is 9.80 Å². The highest BCUT2D eigenvalue weighted by Gasteiger charge is 2.41. The Hall–Kier alpha value is -4.72. The molecule has 1 unspecified atom stereocenters. The van der Waals surface area contributed by atoms with Crippen molar-refractivity contribution in [2.45, 2.75) is 41.5 Å². The first-order valence-corrected chi connectivity index (χ1v) is 21.3. The maximum atomic E-state index is 7.60. The van der Waals surface area contributed by atoms with Crippen LogP contribution >= 0.6 is 30.1 Å². The molecule has 5 heteroatoms. The molecule has 2 nitrogen and oxygen atoms in total. The summed E-state index contributed by atoms with van der Waals surface area (Å²) in [6.45, 7) is 12.2. The van der Waals surface area contributed by atoms with Gasteiger partial charge >= 0.3 is 0 Å². The molecule has 1 aliphatic heterocycles. The Bertz CT molecular complexity index is 2440. The molecule has 0 saturated carbocycles. The van der Waals surface area contributed by atoms with E-state index in [9.17, 15) is 0 Å². The Kier molecular flexibility index (Phi) is 9.74. The number of hydrogen-bond acceptors (Lipinski definition) is 0. The lowest BCUT2D eigenvalue weighted by molar-refractivity contribution is 1.01. The zero-order chi connectivity index (χ0) is 37.7. The van der Waals surface area contributed by atoms with E-state index in [1.807, 2.05) is 6.07 Å². The zero-order valence-electron chi connectivity index (χ0n) is 31.8. The van der Waals surface area contributed by atoms with Gasteiger partial charge in [0, 0.05) is 36.7 Å². The van der Waals surface area contributed by atoms with Gasteiger partial charge in [-0.15, -0.1) is 0 Å². The second-order valence-electron chi connectivity index (χ2n) is 14.8. The molecule has 1 aliphatic carbocycles. The molecule has 6 aromatic carbocycles. The molecule has 0 amide bonds. The molecule has 1 heterocycles. The molecule has 1 saturated heterocycles. The van der Waals surface area contributed by atoms with Crippen LogP contribution in [0.5, 0.6) is 0 Å². The summed E-state index contributed by atoms with van der Waals surface area (Å²) in [7, 11) is 0. The summed E-state index contributed by atoms with van der Waals surface area (Å²) in [4.78, 5) is 5.26. The summed E-state index contributed by atoms with van der Waals surface area (Å²) < 4.78 is 0. The Labute approximate surface area is 331 Å². The normalized spacial score (nSPS) is 15.8. The van der Waals surface area contributed by atoms with Crippen LogP contribution in [0.3, 0.4) is 0 Å². The van der Waals surface area contributed by atoms with E-state index in [-0.39, 0.29) is 0 Å². The molecule has 1 fully saturated rings. The maximum absolute atomic E-state index is 7.60. The quantitative estimate of drug-likeness (QED) is 0.156. The Morgan fingerprint density at radius 2 is 1.09 bits per heavy atom. The molecule has 8 rings (SSSR count). The first-order chi connectivity index (χ1) is 26.1. The molecule has 0 radical (unpaired) electrons. The molecule has 270 valence electrons. The minimum atomic E-state index is -2.87. The Morgan fingerprint density at radius 3 is 1.67 bits per heavy atom. The highest BCUT2D eigenvalue weighted by Crippen LogP contribution is 2.58. The molecule has 1 atom stereocenters. The summed E-state index contributed by atoms with van der Waals surface area (Å²) in [5.74, 6) is 2.61. The highest BCUT2D eigenvalue weighted by atomic mass is 35.5. The average molecular weight is 764 g/mol. The lowest BCUT2D eigenvalue weighted by Gasteiger charge is -2.39. The van der Waals surface area contributed by atoms with Crippen molar-refractivity contribution in [1.29, 1.82) is 0 Å². The van der Waals surface area contributed by atoms with Crippen LogP contribution in [-0.2, 0) is 0 Å². The van der Waals surface area contributed by atoms with Crippen molar-refractivity contribution in [1.82, 2.24) is 0 Å². The van der Waals surface area contributed by atoms with Gasteiger partial charge in [-0.05, 0) is 115 Å². The molecule has 2 aliphatic rings. The minimum absolute atomic E-state index is 0.556. The van der Waals surface area contributed by atoms with Gasteiger partial charge in [0.2, 0.25) is 0 Å². The topological polar surface area (TPSA) is 6.48 Å². The summed E-state index contributed by atoms with van der Waals surface area (Å²) >= 11 is 14.7. The Morgan fingerprint density at radius 1 is 0.574 bits per heavy atom.